The highest BCUT2D eigenvalue weighted by molar-refractivity contribution is 8.01. The van der Waals surface area contributed by atoms with E-state index in [1.165, 1.54) is 18.2 Å². The summed E-state index contributed by atoms with van der Waals surface area (Å²) in [5.41, 5.74) is -5.84. The summed E-state index contributed by atoms with van der Waals surface area (Å²) in [6.45, 7) is 0. The molecule has 1 N–H and O–H groups in total. The van der Waals surface area contributed by atoms with Crippen LogP contribution in [0.2, 0.25) is 0 Å². The van der Waals surface area contributed by atoms with Crippen LogP contribution < -0.4 is 5.32 Å². The summed E-state index contributed by atoms with van der Waals surface area (Å²) < 4.78 is 128. The molecule has 0 aliphatic rings. The van der Waals surface area contributed by atoms with Crippen molar-refractivity contribution in [3.8, 4) is 0 Å². The van der Waals surface area contributed by atoms with E-state index in [1.807, 2.05) is 0 Å². The Bertz CT molecular complexity index is 1130. The molecule has 0 radical (unpaired) electrons. The van der Waals surface area contributed by atoms with Crippen LogP contribution >= 0.6 is 35.3 Å². The van der Waals surface area contributed by atoms with Crippen molar-refractivity contribution in [3.63, 3.8) is 0 Å². The third kappa shape index (κ3) is 7.58. The van der Waals surface area contributed by atoms with E-state index in [9.17, 15) is 58.8 Å². The quantitative estimate of drug-likeness (QED) is 0.139. The fraction of sp³-hybridized carbons (Fsp3) is 0.278. The van der Waals surface area contributed by atoms with Crippen LogP contribution in [0.25, 0.3) is 0 Å². The first-order chi connectivity index (χ1) is 16.3. The van der Waals surface area contributed by atoms with Crippen molar-refractivity contribution < 1.29 is 53.6 Å². The first-order valence-corrected chi connectivity index (χ1v) is 11.5. The zero-order valence-corrected chi connectivity index (χ0v) is 19.4. The number of nitro groups is 1. The Morgan fingerprint density at radius 3 is 2.06 bits per heavy atom. The van der Waals surface area contributed by atoms with E-state index < -0.39 is 73.6 Å². The number of alkyl halides is 10. The molecule has 0 saturated carbocycles. The van der Waals surface area contributed by atoms with Gasteiger partial charge in [-0.1, -0.05) is 12.1 Å². The second kappa shape index (κ2) is 11.0. The number of nitro benzene ring substituents is 1. The minimum atomic E-state index is -6.59. The lowest BCUT2D eigenvalue weighted by atomic mass is 10.3. The normalized spacial score (nSPS) is 12.9. The Labute approximate surface area is 207 Å². The molecular weight excluding hydrogens is 578 g/mol. The number of para-hydroxylation sites is 1. The van der Waals surface area contributed by atoms with E-state index >= 15 is 0 Å². The number of hydrogen-bond acceptors (Lipinski definition) is 6. The van der Waals surface area contributed by atoms with E-state index in [0.29, 0.717) is 23.9 Å². The molecular formula is C18H10F10N2O3S3. The Morgan fingerprint density at radius 2 is 1.50 bits per heavy atom. The molecule has 198 valence electrons. The van der Waals surface area contributed by atoms with Crippen molar-refractivity contribution in [2.45, 2.75) is 37.5 Å². The molecule has 0 saturated heterocycles. The number of thioether (sulfide) groups is 3. The van der Waals surface area contributed by atoms with Gasteiger partial charge in [-0.3, -0.25) is 14.9 Å². The number of amides is 1. The molecule has 0 spiro atoms. The molecule has 5 nitrogen and oxygen atoms in total. The predicted octanol–water partition coefficient (Wildman–Crippen LogP) is 7.82. The number of benzene rings is 2. The lowest BCUT2D eigenvalue weighted by molar-refractivity contribution is -0.387. The number of carbonyl (C=O) groups is 1. The van der Waals surface area contributed by atoms with Crippen LogP contribution in [-0.4, -0.2) is 39.4 Å². The summed E-state index contributed by atoms with van der Waals surface area (Å²) >= 11 is -1.29. The Balaban J connectivity index is 2.17. The average Bonchev–Trinajstić information content (AvgIpc) is 2.72. The zero-order valence-electron chi connectivity index (χ0n) is 16.9. The lowest BCUT2D eigenvalue weighted by Gasteiger charge is -2.27. The average molecular weight is 588 g/mol. The first kappa shape index (κ1) is 29.9. The number of halogens is 10. The maximum Gasteiger partial charge on any atom is 0.460 e. The smallest absolute Gasteiger partial charge is 0.324 e. The molecule has 0 unspecified atom stereocenters. The van der Waals surface area contributed by atoms with Gasteiger partial charge in [0.1, 0.15) is 0 Å². The standard InChI is InChI=1S/C18H10F10N2O3S3/c19-15(20,16(21,22)23)17(24,25)35-9-5-6-13(11(7-9)30(32)33)34-8-14(31)29-10-3-1-2-4-12(10)36-18(26,27)28/h1-7H,8H2,(H,29,31). The fourth-order valence-corrected chi connectivity index (χ4v) is 4.59. The fourth-order valence-electron chi connectivity index (χ4n) is 2.32. The van der Waals surface area contributed by atoms with Gasteiger partial charge in [0.25, 0.3) is 5.69 Å². The number of rotatable bonds is 9. The largest absolute Gasteiger partial charge is 0.460 e. The topological polar surface area (TPSA) is 72.2 Å². The van der Waals surface area contributed by atoms with E-state index in [0.717, 1.165) is 12.1 Å². The van der Waals surface area contributed by atoms with E-state index in [4.69, 9.17) is 0 Å². The number of nitrogens with zero attached hydrogens (tertiary/aromatic N) is 1. The minimum Gasteiger partial charge on any atom is -0.324 e. The minimum absolute atomic E-state index is 0.209. The highest BCUT2D eigenvalue weighted by Crippen LogP contribution is 2.54. The SMILES string of the molecule is O=C(CSc1ccc(SC(F)(F)C(F)(F)C(F)(F)F)cc1[N+](=O)[O-])Nc1ccccc1SC(F)(F)F. The van der Waals surface area contributed by atoms with Gasteiger partial charge in [0, 0.05) is 15.9 Å². The molecule has 0 aliphatic carbocycles. The third-order valence-electron chi connectivity index (χ3n) is 3.84. The molecule has 0 aliphatic heterocycles. The molecule has 2 aromatic rings. The van der Waals surface area contributed by atoms with Crippen molar-refractivity contribution >= 4 is 52.6 Å². The van der Waals surface area contributed by atoms with Crippen molar-refractivity contribution in [3.05, 3.63) is 52.6 Å². The second-order valence-electron chi connectivity index (χ2n) is 6.46. The van der Waals surface area contributed by atoms with Gasteiger partial charge in [0.05, 0.1) is 21.3 Å². The lowest BCUT2D eigenvalue weighted by Crippen LogP contribution is -2.49. The van der Waals surface area contributed by atoms with Gasteiger partial charge in [-0.25, -0.2) is 0 Å². The van der Waals surface area contributed by atoms with Crippen LogP contribution in [-0.2, 0) is 4.79 Å². The van der Waals surface area contributed by atoms with Gasteiger partial charge in [-0.15, -0.1) is 11.8 Å². The van der Waals surface area contributed by atoms with E-state index in [1.54, 1.807) is 0 Å². The highest BCUT2D eigenvalue weighted by Gasteiger charge is 2.73. The van der Waals surface area contributed by atoms with Crippen LogP contribution in [0.4, 0.5) is 55.3 Å². The third-order valence-corrected chi connectivity index (χ3v) is 6.71. The van der Waals surface area contributed by atoms with Gasteiger partial charge < -0.3 is 5.32 Å². The summed E-state index contributed by atoms with van der Waals surface area (Å²) in [7, 11) is 0. The van der Waals surface area contributed by atoms with Gasteiger partial charge in [-0.2, -0.15) is 43.9 Å². The van der Waals surface area contributed by atoms with Crippen LogP contribution in [0.3, 0.4) is 0 Å². The van der Waals surface area contributed by atoms with Crippen LogP contribution in [0.5, 0.6) is 0 Å². The molecule has 18 heteroatoms. The summed E-state index contributed by atoms with van der Waals surface area (Å²) in [6, 6.07) is 6.59. The maximum absolute atomic E-state index is 13.6. The Morgan fingerprint density at radius 1 is 0.889 bits per heavy atom. The van der Waals surface area contributed by atoms with Crippen LogP contribution in [0.15, 0.2) is 57.2 Å². The molecule has 36 heavy (non-hydrogen) atoms. The summed E-state index contributed by atoms with van der Waals surface area (Å²) in [4.78, 5) is 20.6. The number of carbonyl (C=O) groups excluding carboxylic acids is 1. The summed E-state index contributed by atoms with van der Waals surface area (Å²) in [5, 5.41) is 7.75. The van der Waals surface area contributed by atoms with E-state index in [2.05, 4.69) is 5.32 Å². The van der Waals surface area contributed by atoms with E-state index in [-0.39, 0.29) is 15.5 Å². The van der Waals surface area contributed by atoms with Crippen molar-refractivity contribution in [2.24, 2.45) is 0 Å². The zero-order chi connectivity index (χ0) is 27.5. The summed E-state index contributed by atoms with van der Waals surface area (Å²) in [6.07, 6.45) is -6.59. The van der Waals surface area contributed by atoms with Crippen LogP contribution in [0, 0.1) is 10.1 Å². The van der Waals surface area contributed by atoms with Gasteiger partial charge in [0.15, 0.2) is 0 Å². The van der Waals surface area contributed by atoms with Gasteiger partial charge >= 0.3 is 22.9 Å². The monoisotopic (exact) mass is 588 g/mol. The molecule has 0 heterocycles. The number of anilines is 1. The molecule has 2 aromatic carbocycles. The predicted molar refractivity (Wildman–Crippen MR) is 113 cm³/mol. The molecule has 1 amide bonds. The molecule has 0 bridgehead atoms. The molecule has 0 atom stereocenters. The second-order valence-corrected chi connectivity index (χ2v) is 9.77. The number of nitrogens with one attached hydrogen (secondary N) is 1. The summed E-state index contributed by atoms with van der Waals surface area (Å²) in [5.74, 6) is -7.95. The van der Waals surface area contributed by atoms with Crippen molar-refractivity contribution in [1.29, 1.82) is 0 Å². The first-order valence-electron chi connectivity index (χ1n) is 8.91. The van der Waals surface area contributed by atoms with Gasteiger partial charge in [-0.05, 0) is 47.8 Å². The Hall–Kier alpha value is -2.34. The maximum atomic E-state index is 13.6. The molecule has 0 fully saturated rings. The van der Waals surface area contributed by atoms with Crippen LogP contribution in [0.1, 0.15) is 0 Å². The number of hydrogen-bond donors (Lipinski definition) is 1. The van der Waals surface area contributed by atoms with Crippen molar-refractivity contribution in [2.75, 3.05) is 11.1 Å². The highest BCUT2D eigenvalue weighted by atomic mass is 32.2. The van der Waals surface area contributed by atoms with Gasteiger partial charge in [0.2, 0.25) is 5.91 Å². The molecule has 2 rings (SSSR count). The molecule has 0 aromatic heterocycles. The Kier molecular flexibility index (Phi) is 9.10. The van der Waals surface area contributed by atoms with Crippen molar-refractivity contribution in [1.82, 2.24) is 0 Å².